The predicted molar refractivity (Wildman–Crippen MR) is 67.3 cm³/mol. The molecular weight excluding hydrogens is 226 g/mol. The van der Waals surface area contributed by atoms with Crippen molar-refractivity contribution in [2.24, 2.45) is 0 Å². The van der Waals surface area contributed by atoms with Crippen molar-refractivity contribution in [3.8, 4) is 17.6 Å². The van der Waals surface area contributed by atoms with Gasteiger partial charge in [-0.15, -0.1) is 0 Å². The molecule has 0 atom stereocenters. The summed E-state index contributed by atoms with van der Waals surface area (Å²) in [5.41, 5.74) is 1.47. The number of fused-ring (bicyclic) bond motifs is 1. The third kappa shape index (κ3) is 1.78. The SMILES string of the molecule is N#Cc1ccccc1Oc1ccc2[nH]ncc2c1. The molecule has 0 aliphatic rings. The van der Waals surface area contributed by atoms with Crippen molar-refractivity contribution < 1.29 is 4.74 Å². The maximum Gasteiger partial charge on any atom is 0.145 e. The van der Waals surface area contributed by atoms with Gasteiger partial charge >= 0.3 is 0 Å². The number of nitriles is 1. The fraction of sp³-hybridized carbons (Fsp3) is 0. The van der Waals surface area contributed by atoms with Crippen LogP contribution in [-0.4, -0.2) is 10.2 Å². The zero-order valence-corrected chi connectivity index (χ0v) is 9.42. The summed E-state index contributed by atoms with van der Waals surface area (Å²) in [7, 11) is 0. The molecule has 0 amide bonds. The number of nitrogens with zero attached hydrogens (tertiary/aromatic N) is 2. The van der Waals surface area contributed by atoms with Crippen molar-refractivity contribution >= 4 is 10.9 Å². The lowest BCUT2D eigenvalue weighted by Gasteiger charge is -2.06. The Morgan fingerprint density at radius 2 is 2.06 bits per heavy atom. The average molecular weight is 235 g/mol. The minimum absolute atomic E-state index is 0.518. The van der Waals surface area contributed by atoms with Gasteiger partial charge in [-0.3, -0.25) is 5.10 Å². The molecule has 0 aliphatic carbocycles. The Morgan fingerprint density at radius 3 is 2.94 bits per heavy atom. The van der Waals surface area contributed by atoms with Crippen LogP contribution in [0.5, 0.6) is 11.5 Å². The molecule has 0 radical (unpaired) electrons. The Bertz CT molecular complexity index is 740. The lowest BCUT2D eigenvalue weighted by Crippen LogP contribution is -1.87. The average Bonchev–Trinajstić information content (AvgIpc) is 2.87. The normalized spacial score (nSPS) is 10.2. The second-order valence-corrected chi connectivity index (χ2v) is 3.83. The van der Waals surface area contributed by atoms with E-state index in [0.29, 0.717) is 17.1 Å². The smallest absolute Gasteiger partial charge is 0.145 e. The van der Waals surface area contributed by atoms with Crippen molar-refractivity contribution in [2.45, 2.75) is 0 Å². The van der Waals surface area contributed by atoms with E-state index in [2.05, 4.69) is 16.3 Å². The van der Waals surface area contributed by atoms with Gasteiger partial charge in [0.2, 0.25) is 0 Å². The van der Waals surface area contributed by atoms with Gasteiger partial charge in [-0.05, 0) is 30.3 Å². The van der Waals surface area contributed by atoms with E-state index >= 15 is 0 Å². The van der Waals surface area contributed by atoms with Crippen molar-refractivity contribution in [3.63, 3.8) is 0 Å². The number of hydrogen-bond acceptors (Lipinski definition) is 3. The largest absolute Gasteiger partial charge is 0.456 e. The molecule has 1 heterocycles. The van der Waals surface area contributed by atoms with Gasteiger partial charge in [0, 0.05) is 5.39 Å². The summed E-state index contributed by atoms with van der Waals surface area (Å²) in [6.45, 7) is 0. The van der Waals surface area contributed by atoms with Crippen LogP contribution in [-0.2, 0) is 0 Å². The number of aromatic nitrogens is 2. The van der Waals surface area contributed by atoms with Gasteiger partial charge in [-0.2, -0.15) is 10.4 Å². The first-order valence-corrected chi connectivity index (χ1v) is 5.47. The molecule has 2 aromatic carbocycles. The van der Waals surface area contributed by atoms with E-state index in [9.17, 15) is 0 Å². The third-order valence-corrected chi connectivity index (χ3v) is 2.65. The van der Waals surface area contributed by atoms with Crippen LogP contribution in [0.25, 0.3) is 10.9 Å². The number of benzene rings is 2. The summed E-state index contributed by atoms with van der Waals surface area (Å²) in [5, 5.41) is 16.8. The molecule has 86 valence electrons. The van der Waals surface area contributed by atoms with E-state index < -0.39 is 0 Å². The van der Waals surface area contributed by atoms with Crippen molar-refractivity contribution in [3.05, 3.63) is 54.2 Å². The van der Waals surface area contributed by atoms with Crippen LogP contribution in [0.2, 0.25) is 0 Å². The number of H-pyrrole nitrogens is 1. The molecule has 0 bridgehead atoms. The third-order valence-electron chi connectivity index (χ3n) is 2.65. The molecule has 3 rings (SSSR count). The molecular formula is C14H9N3O. The molecule has 0 fully saturated rings. The number of nitrogens with one attached hydrogen (secondary N) is 1. The summed E-state index contributed by atoms with van der Waals surface area (Å²) in [6.07, 6.45) is 1.73. The van der Waals surface area contributed by atoms with Crippen LogP contribution in [0.15, 0.2) is 48.7 Å². The van der Waals surface area contributed by atoms with E-state index in [4.69, 9.17) is 10.00 Å². The Labute approximate surface area is 103 Å². The molecule has 4 nitrogen and oxygen atoms in total. The second-order valence-electron chi connectivity index (χ2n) is 3.83. The molecule has 0 saturated heterocycles. The summed E-state index contributed by atoms with van der Waals surface area (Å²) < 4.78 is 5.71. The van der Waals surface area contributed by atoms with Crippen LogP contribution < -0.4 is 4.74 Å². The van der Waals surface area contributed by atoms with Gasteiger partial charge in [-0.1, -0.05) is 12.1 Å². The van der Waals surface area contributed by atoms with Crippen molar-refractivity contribution in [1.29, 1.82) is 5.26 Å². The molecule has 4 heteroatoms. The Hall–Kier alpha value is -2.80. The van der Waals surface area contributed by atoms with Gasteiger partial charge in [0.05, 0.1) is 17.3 Å². The Morgan fingerprint density at radius 1 is 1.17 bits per heavy atom. The van der Waals surface area contributed by atoms with E-state index in [1.165, 1.54) is 0 Å². The van der Waals surface area contributed by atoms with E-state index in [-0.39, 0.29) is 0 Å². The first kappa shape index (κ1) is 10.4. The maximum absolute atomic E-state index is 8.99. The lowest BCUT2D eigenvalue weighted by atomic mass is 10.2. The first-order valence-electron chi connectivity index (χ1n) is 5.47. The summed E-state index contributed by atoms with van der Waals surface area (Å²) in [4.78, 5) is 0. The highest BCUT2D eigenvalue weighted by Crippen LogP contribution is 2.26. The fourth-order valence-electron chi connectivity index (χ4n) is 1.76. The minimum Gasteiger partial charge on any atom is -0.456 e. The summed E-state index contributed by atoms with van der Waals surface area (Å²) >= 11 is 0. The minimum atomic E-state index is 0.518. The van der Waals surface area contributed by atoms with Crippen LogP contribution in [0, 0.1) is 11.3 Å². The van der Waals surface area contributed by atoms with E-state index in [1.54, 1.807) is 18.3 Å². The summed E-state index contributed by atoms with van der Waals surface area (Å²) in [6, 6.07) is 14.9. The standard InChI is InChI=1S/C14H9N3O/c15-8-10-3-1-2-4-14(10)18-12-5-6-13-11(7-12)9-16-17-13/h1-7,9H,(H,16,17). The van der Waals surface area contributed by atoms with Gasteiger partial charge < -0.3 is 4.74 Å². The quantitative estimate of drug-likeness (QED) is 0.741. The number of aromatic amines is 1. The molecule has 1 N–H and O–H groups in total. The molecule has 0 unspecified atom stereocenters. The van der Waals surface area contributed by atoms with Crippen molar-refractivity contribution in [2.75, 3.05) is 0 Å². The highest BCUT2D eigenvalue weighted by atomic mass is 16.5. The Balaban J connectivity index is 1.98. The van der Waals surface area contributed by atoms with Crippen molar-refractivity contribution in [1.82, 2.24) is 10.2 Å². The highest BCUT2D eigenvalue weighted by molar-refractivity contribution is 5.79. The number of rotatable bonds is 2. The fourth-order valence-corrected chi connectivity index (χ4v) is 1.76. The lowest BCUT2D eigenvalue weighted by molar-refractivity contribution is 0.482. The predicted octanol–water partition coefficient (Wildman–Crippen LogP) is 3.23. The second kappa shape index (κ2) is 4.22. The topological polar surface area (TPSA) is 61.7 Å². The summed E-state index contributed by atoms with van der Waals surface area (Å²) in [5.74, 6) is 1.24. The van der Waals surface area contributed by atoms with Gasteiger partial charge in [0.25, 0.3) is 0 Å². The molecule has 0 spiro atoms. The highest BCUT2D eigenvalue weighted by Gasteiger charge is 2.04. The first-order chi connectivity index (χ1) is 8.86. The zero-order chi connectivity index (χ0) is 12.4. The molecule has 1 aromatic heterocycles. The Kier molecular flexibility index (Phi) is 2.43. The zero-order valence-electron chi connectivity index (χ0n) is 9.42. The van der Waals surface area contributed by atoms with E-state index in [1.807, 2.05) is 30.3 Å². The van der Waals surface area contributed by atoms with Gasteiger partial charge in [0.1, 0.15) is 17.6 Å². The van der Waals surface area contributed by atoms with E-state index in [0.717, 1.165) is 10.9 Å². The van der Waals surface area contributed by atoms with Crippen LogP contribution in [0.3, 0.4) is 0 Å². The van der Waals surface area contributed by atoms with Crippen LogP contribution in [0.1, 0.15) is 5.56 Å². The number of para-hydroxylation sites is 1. The number of hydrogen-bond donors (Lipinski definition) is 1. The van der Waals surface area contributed by atoms with Gasteiger partial charge in [-0.25, -0.2) is 0 Å². The molecule has 0 aliphatic heterocycles. The molecule has 3 aromatic rings. The molecule has 0 saturated carbocycles. The van der Waals surface area contributed by atoms with Crippen LogP contribution >= 0.6 is 0 Å². The van der Waals surface area contributed by atoms with Gasteiger partial charge in [0.15, 0.2) is 0 Å². The maximum atomic E-state index is 8.99. The monoisotopic (exact) mass is 235 g/mol. The number of ether oxygens (including phenoxy) is 1. The molecule has 18 heavy (non-hydrogen) atoms. The van der Waals surface area contributed by atoms with Crippen LogP contribution in [0.4, 0.5) is 0 Å².